The van der Waals surface area contributed by atoms with Crippen LogP contribution in [0.3, 0.4) is 0 Å². The van der Waals surface area contributed by atoms with E-state index < -0.39 is 11.6 Å². The summed E-state index contributed by atoms with van der Waals surface area (Å²) in [5.74, 6) is -0.430. The monoisotopic (exact) mass is 292 g/mol. The maximum absolute atomic E-state index is 11.7. The first-order valence-corrected chi connectivity index (χ1v) is 6.22. The molecule has 5 N–H and O–H groups in total. The lowest BCUT2D eigenvalue weighted by Gasteiger charge is -2.29. The average molecular weight is 292 g/mol. The van der Waals surface area contributed by atoms with E-state index >= 15 is 0 Å². The van der Waals surface area contributed by atoms with Gasteiger partial charge in [0.15, 0.2) is 0 Å². The second-order valence-electron chi connectivity index (χ2n) is 4.27. The average Bonchev–Trinajstić information content (AvgIpc) is 2.46. The molecule has 0 aliphatic rings. The standard InChI is InChI=1S/C16H16O3.2H2O/c1-2-16(15(17)18,13-9-5-3-6-10-13)19-14-11-7-4-8-12-14;;/h3-12H,2H2,1H3,(H,17,18);2*1H2. The molecule has 0 aromatic heterocycles. The van der Waals surface area contributed by atoms with Gasteiger partial charge in [0.1, 0.15) is 5.75 Å². The molecule has 2 rings (SSSR count). The minimum atomic E-state index is -1.34. The number of carboxylic acid groups (broad SMARTS) is 1. The molecule has 5 heteroatoms. The SMILES string of the molecule is CCC(Oc1ccccc1)(C(=O)O)c1ccccc1.O.O. The molecule has 0 amide bonds. The molecule has 0 saturated heterocycles. The van der Waals surface area contributed by atoms with E-state index in [0.717, 1.165) is 0 Å². The quantitative estimate of drug-likeness (QED) is 0.907. The molecule has 5 nitrogen and oxygen atoms in total. The molecule has 0 bridgehead atoms. The number of para-hydroxylation sites is 1. The van der Waals surface area contributed by atoms with E-state index in [-0.39, 0.29) is 11.0 Å². The van der Waals surface area contributed by atoms with Crippen LogP contribution in [0.5, 0.6) is 5.75 Å². The number of carboxylic acids is 1. The van der Waals surface area contributed by atoms with Crippen molar-refractivity contribution < 1.29 is 25.6 Å². The Labute approximate surface area is 123 Å². The van der Waals surface area contributed by atoms with Crippen molar-refractivity contribution in [1.29, 1.82) is 0 Å². The van der Waals surface area contributed by atoms with Crippen molar-refractivity contribution in [3.8, 4) is 5.75 Å². The predicted octanol–water partition coefficient (Wildman–Crippen LogP) is 1.81. The highest BCUT2D eigenvalue weighted by Crippen LogP contribution is 2.31. The van der Waals surface area contributed by atoms with Gasteiger partial charge in [-0.2, -0.15) is 0 Å². The van der Waals surface area contributed by atoms with Gasteiger partial charge in [-0.25, -0.2) is 4.79 Å². The molecule has 0 fully saturated rings. The number of hydrogen-bond donors (Lipinski definition) is 1. The molecule has 2 aromatic rings. The highest BCUT2D eigenvalue weighted by Gasteiger charge is 2.41. The first kappa shape index (κ1) is 18.6. The van der Waals surface area contributed by atoms with Crippen molar-refractivity contribution in [2.75, 3.05) is 0 Å². The van der Waals surface area contributed by atoms with Crippen LogP contribution in [0.4, 0.5) is 0 Å². The Balaban J connectivity index is 0.00000200. The highest BCUT2D eigenvalue weighted by molar-refractivity contribution is 5.80. The largest absolute Gasteiger partial charge is 0.478 e. The molecule has 0 aliphatic heterocycles. The number of aliphatic carboxylic acids is 1. The van der Waals surface area contributed by atoms with Gasteiger partial charge in [-0.3, -0.25) is 0 Å². The van der Waals surface area contributed by atoms with E-state index in [1.165, 1.54) is 0 Å². The number of carbonyl (C=O) groups is 1. The molecule has 2 aromatic carbocycles. The van der Waals surface area contributed by atoms with Crippen LogP contribution in [0.15, 0.2) is 60.7 Å². The summed E-state index contributed by atoms with van der Waals surface area (Å²) < 4.78 is 5.80. The summed E-state index contributed by atoms with van der Waals surface area (Å²) in [5.41, 5.74) is -0.698. The zero-order chi connectivity index (χ0) is 13.7. The summed E-state index contributed by atoms with van der Waals surface area (Å²) in [6.07, 6.45) is 0.348. The lowest BCUT2D eigenvalue weighted by Crippen LogP contribution is -2.41. The summed E-state index contributed by atoms with van der Waals surface area (Å²) in [5, 5.41) is 9.61. The van der Waals surface area contributed by atoms with Crippen LogP contribution >= 0.6 is 0 Å². The molecule has 1 unspecified atom stereocenters. The van der Waals surface area contributed by atoms with Gasteiger partial charge in [0, 0.05) is 5.56 Å². The normalized spacial score (nSPS) is 12.2. The van der Waals surface area contributed by atoms with Crippen molar-refractivity contribution in [3.05, 3.63) is 66.2 Å². The summed E-state index contributed by atoms with van der Waals surface area (Å²) in [6.45, 7) is 1.81. The first-order valence-electron chi connectivity index (χ1n) is 6.22. The minimum Gasteiger partial charge on any atom is -0.478 e. The van der Waals surface area contributed by atoms with Crippen molar-refractivity contribution in [1.82, 2.24) is 0 Å². The van der Waals surface area contributed by atoms with E-state index in [9.17, 15) is 9.90 Å². The van der Waals surface area contributed by atoms with Gasteiger partial charge in [-0.1, -0.05) is 55.5 Å². The Kier molecular flexibility index (Phi) is 7.13. The second-order valence-corrected chi connectivity index (χ2v) is 4.27. The molecule has 0 spiro atoms. The fourth-order valence-corrected chi connectivity index (χ4v) is 2.05. The van der Waals surface area contributed by atoms with E-state index in [1.807, 2.05) is 43.3 Å². The Morgan fingerprint density at radius 3 is 1.90 bits per heavy atom. The number of ether oxygens (including phenoxy) is 1. The molecule has 0 heterocycles. The lowest BCUT2D eigenvalue weighted by atomic mass is 9.91. The predicted molar refractivity (Wildman–Crippen MR) is 80.3 cm³/mol. The van der Waals surface area contributed by atoms with Crippen molar-refractivity contribution in [2.24, 2.45) is 0 Å². The van der Waals surface area contributed by atoms with Gasteiger partial charge < -0.3 is 20.8 Å². The van der Waals surface area contributed by atoms with Crippen molar-refractivity contribution in [3.63, 3.8) is 0 Å². The van der Waals surface area contributed by atoms with Crippen LogP contribution in [-0.2, 0) is 10.4 Å². The van der Waals surface area contributed by atoms with Crippen molar-refractivity contribution in [2.45, 2.75) is 18.9 Å². The molecular weight excluding hydrogens is 272 g/mol. The summed E-state index contributed by atoms with van der Waals surface area (Å²) in [6, 6.07) is 18.1. The van der Waals surface area contributed by atoms with Gasteiger partial charge in [0.25, 0.3) is 0 Å². The Morgan fingerprint density at radius 1 is 1.00 bits per heavy atom. The molecular formula is C16H20O5. The molecule has 0 saturated carbocycles. The van der Waals surface area contributed by atoms with Gasteiger partial charge >= 0.3 is 5.97 Å². The van der Waals surface area contributed by atoms with E-state index in [2.05, 4.69) is 0 Å². The maximum atomic E-state index is 11.7. The molecule has 1 atom stereocenters. The van der Waals surface area contributed by atoms with Gasteiger partial charge in [-0.15, -0.1) is 0 Å². The van der Waals surface area contributed by atoms with Gasteiger partial charge in [0.2, 0.25) is 5.60 Å². The fraction of sp³-hybridized carbons (Fsp3) is 0.188. The van der Waals surface area contributed by atoms with Crippen LogP contribution in [0.1, 0.15) is 18.9 Å². The topological polar surface area (TPSA) is 110 Å². The number of rotatable bonds is 5. The van der Waals surface area contributed by atoms with E-state index in [0.29, 0.717) is 17.7 Å². The third-order valence-corrected chi connectivity index (χ3v) is 3.12. The molecule has 0 aliphatic carbocycles. The van der Waals surface area contributed by atoms with Crippen molar-refractivity contribution >= 4 is 5.97 Å². The van der Waals surface area contributed by atoms with Crippen LogP contribution in [-0.4, -0.2) is 22.0 Å². The smallest absolute Gasteiger partial charge is 0.352 e. The minimum absolute atomic E-state index is 0. The summed E-state index contributed by atoms with van der Waals surface area (Å²) in [7, 11) is 0. The van der Waals surface area contributed by atoms with Gasteiger partial charge in [-0.05, 0) is 18.6 Å². The van der Waals surface area contributed by atoms with Crippen LogP contribution in [0.2, 0.25) is 0 Å². The Morgan fingerprint density at radius 2 is 1.48 bits per heavy atom. The molecule has 114 valence electrons. The molecule has 21 heavy (non-hydrogen) atoms. The fourth-order valence-electron chi connectivity index (χ4n) is 2.05. The lowest BCUT2D eigenvalue weighted by molar-refractivity contribution is -0.156. The van der Waals surface area contributed by atoms with E-state index in [4.69, 9.17) is 4.74 Å². The highest BCUT2D eigenvalue weighted by atomic mass is 16.5. The Hall–Kier alpha value is -2.37. The first-order chi connectivity index (χ1) is 9.19. The maximum Gasteiger partial charge on any atom is 0.352 e. The second kappa shape index (κ2) is 8.04. The number of benzene rings is 2. The Bertz CT molecular complexity index is 541. The molecule has 0 radical (unpaired) electrons. The van der Waals surface area contributed by atoms with Crippen LogP contribution < -0.4 is 4.74 Å². The third-order valence-electron chi connectivity index (χ3n) is 3.12. The third kappa shape index (κ3) is 3.81. The zero-order valence-electron chi connectivity index (χ0n) is 11.7. The van der Waals surface area contributed by atoms with E-state index in [1.54, 1.807) is 24.3 Å². The summed E-state index contributed by atoms with van der Waals surface area (Å²) in [4.78, 5) is 11.7. The summed E-state index contributed by atoms with van der Waals surface area (Å²) >= 11 is 0. The van der Waals surface area contributed by atoms with Crippen LogP contribution in [0.25, 0.3) is 0 Å². The van der Waals surface area contributed by atoms with Crippen LogP contribution in [0, 0.1) is 0 Å². The number of hydrogen-bond acceptors (Lipinski definition) is 2. The zero-order valence-corrected chi connectivity index (χ0v) is 11.7. The van der Waals surface area contributed by atoms with Gasteiger partial charge in [0.05, 0.1) is 0 Å².